The molecule has 1 heterocycles. The van der Waals surface area contributed by atoms with Gasteiger partial charge in [0.2, 0.25) is 5.88 Å². The van der Waals surface area contributed by atoms with Gasteiger partial charge in [-0.15, -0.1) is 0 Å². The molecule has 1 atom stereocenters. The lowest BCUT2D eigenvalue weighted by Crippen LogP contribution is -2.27. The van der Waals surface area contributed by atoms with E-state index in [9.17, 15) is 4.79 Å². The van der Waals surface area contributed by atoms with E-state index in [1.54, 1.807) is 24.0 Å². The van der Waals surface area contributed by atoms with E-state index in [0.717, 1.165) is 0 Å². The van der Waals surface area contributed by atoms with Crippen molar-refractivity contribution in [1.82, 2.24) is 4.98 Å². The summed E-state index contributed by atoms with van der Waals surface area (Å²) in [5.74, 6) is 0.961. The van der Waals surface area contributed by atoms with E-state index in [1.807, 2.05) is 14.1 Å². The molecule has 16 heavy (non-hydrogen) atoms. The Bertz CT molecular complexity index is 389. The maximum atomic E-state index is 11.8. The van der Waals surface area contributed by atoms with Gasteiger partial charge >= 0.3 is 0 Å². The summed E-state index contributed by atoms with van der Waals surface area (Å²) in [7, 11) is 5.21. The Kier molecular flexibility index (Phi) is 3.84. The van der Waals surface area contributed by atoms with Gasteiger partial charge in [-0.3, -0.25) is 4.79 Å². The lowest BCUT2D eigenvalue weighted by molar-refractivity contribution is 0.0967. The van der Waals surface area contributed by atoms with Crippen molar-refractivity contribution in [1.29, 1.82) is 0 Å². The van der Waals surface area contributed by atoms with E-state index in [1.165, 1.54) is 7.11 Å². The van der Waals surface area contributed by atoms with Crippen LogP contribution >= 0.6 is 0 Å². The number of nitrogens with two attached hydrogens (primary N) is 1. The highest BCUT2D eigenvalue weighted by atomic mass is 16.5. The minimum Gasteiger partial charge on any atom is -0.481 e. The predicted molar refractivity (Wildman–Crippen MR) is 63.1 cm³/mol. The quantitative estimate of drug-likeness (QED) is 0.760. The van der Waals surface area contributed by atoms with Gasteiger partial charge in [0.05, 0.1) is 13.2 Å². The second-order valence-electron chi connectivity index (χ2n) is 3.80. The molecule has 0 radical (unpaired) electrons. The number of methoxy groups -OCH3 is 1. The molecular formula is C11H17N3O2. The number of carbonyl (C=O) groups is 1. The average Bonchev–Trinajstić information content (AvgIpc) is 2.27. The van der Waals surface area contributed by atoms with E-state index in [2.05, 4.69) is 4.98 Å². The van der Waals surface area contributed by atoms with Crippen molar-refractivity contribution in [3.05, 3.63) is 17.7 Å². The molecular weight excluding hydrogens is 206 g/mol. The van der Waals surface area contributed by atoms with Crippen molar-refractivity contribution in [2.24, 2.45) is 5.73 Å². The summed E-state index contributed by atoms with van der Waals surface area (Å²) in [4.78, 5) is 17.8. The molecule has 88 valence electrons. The molecule has 0 saturated carbocycles. The lowest BCUT2D eigenvalue weighted by atomic mass is 10.1. The summed E-state index contributed by atoms with van der Waals surface area (Å²) >= 11 is 0. The summed E-state index contributed by atoms with van der Waals surface area (Å²) < 4.78 is 5.04. The molecule has 0 aliphatic rings. The van der Waals surface area contributed by atoms with Crippen molar-refractivity contribution in [2.45, 2.75) is 13.0 Å². The molecule has 0 amide bonds. The zero-order chi connectivity index (χ0) is 12.3. The average molecular weight is 223 g/mol. The number of carbonyl (C=O) groups excluding carboxylic acids is 1. The van der Waals surface area contributed by atoms with Gasteiger partial charge in [0.25, 0.3) is 0 Å². The molecule has 1 aromatic heterocycles. The third-order valence-corrected chi connectivity index (χ3v) is 2.15. The molecule has 0 bridgehead atoms. The Hall–Kier alpha value is -1.62. The first-order valence-electron chi connectivity index (χ1n) is 4.99. The van der Waals surface area contributed by atoms with Gasteiger partial charge in [-0.05, 0) is 13.0 Å². The molecule has 0 saturated heterocycles. The third-order valence-electron chi connectivity index (χ3n) is 2.15. The van der Waals surface area contributed by atoms with Crippen molar-refractivity contribution < 1.29 is 9.53 Å². The Morgan fingerprint density at radius 1 is 1.50 bits per heavy atom. The highest BCUT2D eigenvalue weighted by Crippen LogP contribution is 2.18. The zero-order valence-corrected chi connectivity index (χ0v) is 10.0. The van der Waals surface area contributed by atoms with E-state index >= 15 is 0 Å². The molecule has 5 heteroatoms. The van der Waals surface area contributed by atoms with Crippen molar-refractivity contribution >= 4 is 11.6 Å². The first-order chi connectivity index (χ1) is 7.45. The molecule has 5 nitrogen and oxygen atoms in total. The number of ketones is 1. The molecule has 0 aromatic carbocycles. The second-order valence-corrected chi connectivity index (χ2v) is 3.80. The topological polar surface area (TPSA) is 68.5 Å². The Morgan fingerprint density at radius 2 is 2.12 bits per heavy atom. The van der Waals surface area contributed by atoms with E-state index in [0.29, 0.717) is 17.3 Å². The van der Waals surface area contributed by atoms with E-state index in [-0.39, 0.29) is 5.78 Å². The van der Waals surface area contributed by atoms with Gasteiger partial charge < -0.3 is 15.4 Å². The van der Waals surface area contributed by atoms with E-state index in [4.69, 9.17) is 10.5 Å². The number of anilines is 1. The Labute approximate surface area is 95.2 Å². The van der Waals surface area contributed by atoms with Crippen LogP contribution in [0, 0.1) is 0 Å². The Balaban J connectivity index is 3.19. The predicted octanol–water partition coefficient (Wildman–Crippen LogP) is 0.686. The van der Waals surface area contributed by atoms with Gasteiger partial charge in [-0.25, -0.2) is 0 Å². The minimum absolute atomic E-state index is 0.121. The van der Waals surface area contributed by atoms with Gasteiger partial charge in [0.15, 0.2) is 5.78 Å². The molecule has 0 fully saturated rings. The number of hydrogen-bond acceptors (Lipinski definition) is 5. The lowest BCUT2D eigenvalue weighted by Gasteiger charge is -2.14. The van der Waals surface area contributed by atoms with Crippen LogP contribution in [0.5, 0.6) is 5.88 Å². The molecule has 0 aliphatic carbocycles. The van der Waals surface area contributed by atoms with Gasteiger partial charge in [0, 0.05) is 25.7 Å². The number of pyridine rings is 1. The first-order valence-corrected chi connectivity index (χ1v) is 4.99. The summed E-state index contributed by atoms with van der Waals surface area (Å²) in [5.41, 5.74) is 6.08. The summed E-state index contributed by atoms with van der Waals surface area (Å²) in [6.07, 6.45) is 0. The first kappa shape index (κ1) is 12.4. The van der Waals surface area contributed by atoms with Crippen LogP contribution < -0.4 is 15.4 Å². The fourth-order valence-corrected chi connectivity index (χ4v) is 1.23. The van der Waals surface area contributed by atoms with Gasteiger partial charge in [-0.2, -0.15) is 4.98 Å². The molecule has 0 aliphatic heterocycles. The highest BCUT2D eigenvalue weighted by Gasteiger charge is 2.14. The molecule has 1 aromatic rings. The normalized spacial score (nSPS) is 12.1. The molecule has 1 rings (SSSR count). The maximum absolute atomic E-state index is 11.8. The van der Waals surface area contributed by atoms with Crippen LogP contribution in [0.15, 0.2) is 12.1 Å². The fourth-order valence-electron chi connectivity index (χ4n) is 1.23. The number of hydrogen-bond donors (Lipinski definition) is 1. The highest BCUT2D eigenvalue weighted by molar-refractivity contribution is 6.00. The number of rotatable bonds is 4. The fraction of sp³-hybridized carbons (Fsp3) is 0.455. The number of Topliss-reactive ketones (excluding diaryl/α,β-unsaturated/α-hetero) is 1. The third kappa shape index (κ3) is 2.70. The van der Waals surface area contributed by atoms with Crippen LogP contribution in [0.3, 0.4) is 0 Å². The van der Waals surface area contributed by atoms with Crippen LogP contribution in [0.2, 0.25) is 0 Å². The Morgan fingerprint density at radius 3 is 2.56 bits per heavy atom. The summed E-state index contributed by atoms with van der Waals surface area (Å²) in [5, 5.41) is 0. The SMILES string of the molecule is COc1cc(C(=O)C(C)N)cc(N(C)C)n1. The van der Waals surface area contributed by atoms with Crippen LogP contribution in [0.4, 0.5) is 5.82 Å². The summed E-state index contributed by atoms with van der Waals surface area (Å²) in [6.45, 7) is 1.66. The maximum Gasteiger partial charge on any atom is 0.215 e. The summed E-state index contributed by atoms with van der Waals surface area (Å²) in [6, 6.07) is 2.77. The van der Waals surface area contributed by atoms with Crippen LogP contribution in [-0.2, 0) is 0 Å². The van der Waals surface area contributed by atoms with Gasteiger partial charge in [-0.1, -0.05) is 0 Å². The zero-order valence-electron chi connectivity index (χ0n) is 10.0. The van der Waals surface area contributed by atoms with Gasteiger partial charge in [0.1, 0.15) is 5.82 Å². The number of aromatic nitrogens is 1. The monoisotopic (exact) mass is 223 g/mol. The largest absolute Gasteiger partial charge is 0.481 e. The standard InChI is InChI=1S/C11H17N3O2/c1-7(12)11(15)8-5-9(14(2)3)13-10(6-8)16-4/h5-7H,12H2,1-4H3. The van der Waals surface area contributed by atoms with Crippen LogP contribution in [-0.4, -0.2) is 38.0 Å². The van der Waals surface area contributed by atoms with Crippen LogP contribution in [0.25, 0.3) is 0 Å². The molecule has 1 unspecified atom stereocenters. The minimum atomic E-state index is -0.526. The smallest absolute Gasteiger partial charge is 0.215 e. The van der Waals surface area contributed by atoms with Crippen LogP contribution in [0.1, 0.15) is 17.3 Å². The van der Waals surface area contributed by atoms with Crippen molar-refractivity contribution in [3.8, 4) is 5.88 Å². The van der Waals surface area contributed by atoms with E-state index < -0.39 is 6.04 Å². The number of ether oxygens (including phenoxy) is 1. The molecule has 0 spiro atoms. The second kappa shape index (κ2) is 4.94. The van der Waals surface area contributed by atoms with Crippen molar-refractivity contribution in [2.75, 3.05) is 26.1 Å². The molecule has 2 N–H and O–H groups in total. The van der Waals surface area contributed by atoms with Crippen molar-refractivity contribution in [3.63, 3.8) is 0 Å². The number of nitrogens with zero attached hydrogens (tertiary/aromatic N) is 2.